The van der Waals surface area contributed by atoms with Crippen LogP contribution in [0.15, 0.2) is 58.0 Å². The highest BCUT2D eigenvalue weighted by atomic mass is 127. The van der Waals surface area contributed by atoms with Gasteiger partial charge in [0.15, 0.2) is 5.96 Å². The van der Waals surface area contributed by atoms with Crippen LogP contribution in [0.3, 0.4) is 0 Å². The molecule has 4 rings (SSSR count). The van der Waals surface area contributed by atoms with Crippen LogP contribution in [0.25, 0.3) is 5.57 Å². The summed E-state index contributed by atoms with van der Waals surface area (Å²) in [7, 11) is 1.86. The van der Waals surface area contributed by atoms with Crippen molar-refractivity contribution in [2.75, 3.05) is 53.0 Å². The van der Waals surface area contributed by atoms with Crippen LogP contribution >= 0.6 is 24.0 Å². The average Bonchev–Trinajstić information content (AvgIpc) is 3.24. The Labute approximate surface area is 202 Å². The zero-order valence-electron chi connectivity index (χ0n) is 18.4. The van der Waals surface area contributed by atoms with E-state index in [0.29, 0.717) is 0 Å². The Balaban J connectivity index is 0.00000272. The summed E-state index contributed by atoms with van der Waals surface area (Å²) in [6.45, 7) is 7.94. The summed E-state index contributed by atoms with van der Waals surface area (Å²) in [5, 5.41) is 3.60. The first-order valence-electron chi connectivity index (χ1n) is 10.8. The van der Waals surface area contributed by atoms with Crippen LogP contribution in [0, 0.1) is 6.92 Å². The second-order valence-corrected chi connectivity index (χ2v) is 7.83. The number of morpholine rings is 1. The number of benzene rings is 1. The zero-order valence-corrected chi connectivity index (χ0v) is 20.7. The Morgan fingerprint density at radius 3 is 2.48 bits per heavy atom. The highest BCUT2D eigenvalue weighted by molar-refractivity contribution is 14.0. The van der Waals surface area contributed by atoms with Crippen LogP contribution in [-0.2, 0) is 4.74 Å². The van der Waals surface area contributed by atoms with Gasteiger partial charge >= 0.3 is 0 Å². The van der Waals surface area contributed by atoms with Gasteiger partial charge in [-0.05, 0) is 36.6 Å². The minimum absolute atomic E-state index is 0. The van der Waals surface area contributed by atoms with E-state index in [1.807, 2.05) is 20.0 Å². The topological polar surface area (TPSA) is 53.2 Å². The number of ether oxygens (including phenoxy) is 1. The second kappa shape index (κ2) is 11.7. The number of hydrogen-bond donors (Lipinski definition) is 1. The third-order valence-electron chi connectivity index (χ3n) is 5.89. The fourth-order valence-electron chi connectivity index (χ4n) is 4.23. The highest BCUT2D eigenvalue weighted by Crippen LogP contribution is 2.24. The lowest BCUT2D eigenvalue weighted by molar-refractivity contribution is 0.0123. The number of aliphatic imine (C=N–C) groups is 1. The van der Waals surface area contributed by atoms with Crippen molar-refractivity contribution < 1.29 is 9.15 Å². The van der Waals surface area contributed by atoms with Crippen molar-refractivity contribution in [3.05, 3.63) is 65.6 Å². The van der Waals surface area contributed by atoms with Gasteiger partial charge in [0.2, 0.25) is 0 Å². The predicted octanol–water partition coefficient (Wildman–Crippen LogP) is 3.94. The zero-order chi connectivity index (χ0) is 20.8. The Kier molecular flexibility index (Phi) is 8.98. The van der Waals surface area contributed by atoms with E-state index < -0.39 is 0 Å². The van der Waals surface area contributed by atoms with Gasteiger partial charge in [0.1, 0.15) is 11.5 Å². The lowest BCUT2D eigenvalue weighted by Gasteiger charge is -2.35. The van der Waals surface area contributed by atoms with E-state index >= 15 is 0 Å². The van der Waals surface area contributed by atoms with Gasteiger partial charge in [0.05, 0.1) is 19.3 Å². The molecule has 0 saturated carbocycles. The van der Waals surface area contributed by atoms with Crippen LogP contribution in [0.2, 0.25) is 0 Å². The molecule has 0 bridgehead atoms. The first kappa shape index (κ1) is 23.8. The van der Waals surface area contributed by atoms with E-state index in [1.165, 1.54) is 11.1 Å². The van der Waals surface area contributed by atoms with E-state index in [1.54, 1.807) is 0 Å². The van der Waals surface area contributed by atoms with Crippen LogP contribution in [-0.4, -0.2) is 68.7 Å². The maximum absolute atomic E-state index is 5.99. The first-order chi connectivity index (χ1) is 14.7. The molecule has 6 nitrogen and oxygen atoms in total. The number of nitrogens with one attached hydrogen (secondary N) is 1. The molecule has 3 heterocycles. The predicted molar refractivity (Wildman–Crippen MR) is 136 cm³/mol. The molecule has 0 radical (unpaired) electrons. The molecule has 1 unspecified atom stereocenters. The van der Waals surface area contributed by atoms with Gasteiger partial charge in [-0.3, -0.25) is 9.89 Å². The van der Waals surface area contributed by atoms with Gasteiger partial charge < -0.3 is 19.4 Å². The molecule has 31 heavy (non-hydrogen) atoms. The molecule has 1 aromatic heterocycles. The van der Waals surface area contributed by atoms with Gasteiger partial charge in [-0.25, -0.2) is 0 Å². The van der Waals surface area contributed by atoms with Gasteiger partial charge in [-0.15, -0.1) is 24.0 Å². The number of rotatable bonds is 5. The smallest absolute Gasteiger partial charge is 0.194 e. The number of guanidine groups is 1. The average molecular weight is 536 g/mol. The molecule has 2 aliphatic rings. The summed E-state index contributed by atoms with van der Waals surface area (Å²) in [6.07, 6.45) is 3.34. The fourth-order valence-corrected chi connectivity index (χ4v) is 4.23. The molecular formula is C24H33IN4O2. The maximum atomic E-state index is 5.99. The number of halogens is 1. The minimum atomic E-state index is 0. The molecule has 2 aliphatic heterocycles. The molecule has 0 aliphatic carbocycles. The van der Waals surface area contributed by atoms with Gasteiger partial charge in [0, 0.05) is 39.8 Å². The molecule has 1 aromatic carbocycles. The lowest BCUT2D eigenvalue weighted by Crippen LogP contribution is -2.48. The van der Waals surface area contributed by atoms with E-state index in [-0.39, 0.29) is 30.0 Å². The summed E-state index contributed by atoms with van der Waals surface area (Å²) in [5.41, 5.74) is 2.74. The summed E-state index contributed by atoms with van der Waals surface area (Å²) in [6, 6.07) is 14.9. The summed E-state index contributed by atoms with van der Waals surface area (Å²) < 4.78 is 11.5. The second-order valence-electron chi connectivity index (χ2n) is 7.83. The molecule has 1 saturated heterocycles. The van der Waals surface area contributed by atoms with Crippen molar-refractivity contribution in [3.63, 3.8) is 0 Å². The SMILES string of the molecule is CN=C(NCC(c1ccc(C)o1)N1CCOCC1)N1CC=C(c2ccccc2)CC1.I. The Bertz CT molecular complexity index is 875. The standard InChI is InChI=1S/C24H32N4O2.HI/c1-19-8-9-23(30-19)22(27-14-16-29-17-15-27)18-26-24(25-2)28-12-10-21(11-13-28)20-6-4-3-5-7-20;/h3-10,22H,11-18H2,1-2H3,(H,25,26);1H. The normalized spacial score (nSPS) is 18.8. The molecule has 168 valence electrons. The minimum Gasteiger partial charge on any atom is -0.465 e. The summed E-state index contributed by atoms with van der Waals surface area (Å²) >= 11 is 0. The van der Waals surface area contributed by atoms with Gasteiger partial charge in [-0.1, -0.05) is 36.4 Å². The van der Waals surface area contributed by atoms with Crippen molar-refractivity contribution in [2.45, 2.75) is 19.4 Å². The van der Waals surface area contributed by atoms with E-state index in [0.717, 1.165) is 69.8 Å². The number of furan rings is 1. The summed E-state index contributed by atoms with van der Waals surface area (Å²) in [4.78, 5) is 9.31. The number of hydrogen-bond acceptors (Lipinski definition) is 4. The van der Waals surface area contributed by atoms with Crippen molar-refractivity contribution >= 4 is 35.5 Å². The third kappa shape index (κ3) is 6.11. The Morgan fingerprint density at radius 2 is 1.87 bits per heavy atom. The largest absolute Gasteiger partial charge is 0.465 e. The molecule has 0 spiro atoms. The van der Waals surface area contributed by atoms with Crippen molar-refractivity contribution in [1.29, 1.82) is 0 Å². The number of nitrogens with zero attached hydrogens (tertiary/aromatic N) is 3. The Morgan fingerprint density at radius 1 is 1.10 bits per heavy atom. The molecule has 0 amide bonds. The first-order valence-corrected chi connectivity index (χ1v) is 10.8. The van der Waals surface area contributed by atoms with Crippen LogP contribution in [0.1, 0.15) is 29.5 Å². The van der Waals surface area contributed by atoms with Crippen LogP contribution in [0.5, 0.6) is 0 Å². The van der Waals surface area contributed by atoms with E-state index in [9.17, 15) is 0 Å². The fraction of sp³-hybridized carbons (Fsp3) is 0.458. The maximum Gasteiger partial charge on any atom is 0.194 e. The van der Waals surface area contributed by atoms with E-state index in [4.69, 9.17) is 9.15 Å². The molecule has 7 heteroatoms. The van der Waals surface area contributed by atoms with Crippen LogP contribution < -0.4 is 5.32 Å². The van der Waals surface area contributed by atoms with Crippen LogP contribution in [0.4, 0.5) is 0 Å². The molecule has 1 N–H and O–H groups in total. The van der Waals surface area contributed by atoms with Crippen molar-refractivity contribution in [3.8, 4) is 0 Å². The molecule has 1 fully saturated rings. The number of aryl methyl sites for hydroxylation is 1. The third-order valence-corrected chi connectivity index (χ3v) is 5.89. The Hall–Kier alpha value is -1.84. The van der Waals surface area contributed by atoms with E-state index in [2.05, 4.69) is 62.6 Å². The lowest BCUT2D eigenvalue weighted by atomic mass is 10.00. The molecule has 2 aromatic rings. The summed E-state index contributed by atoms with van der Waals surface area (Å²) in [5.74, 6) is 2.89. The van der Waals surface area contributed by atoms with Gasteiger partial charge in [-0.2, -0.15) is 0 Å². The van der Waals surface area contributed by atoms with Crippen molar-refractivity contribution in [1.82, 2.24) is 15.1 Å². The van der Waals surface area contributed by atoms with Gasteiger partial charge in [0.25, 0.3) is 0 Å². The quantitative estimate of drug-likeness (QED) is 0.357. The molecular weight excluding hydrogens is 503 g/mol. The van der Waals surface area contributed by atoms with Crippen molar-refractivity contribution in [2.24, 2.45) is 4.99 Å². The molecule has 1 atom stereocenters. The monoisotopic (exact) mass is 536 g/mol. The highest BCUT2D eigenvalue weighted by Gasteiger charge is 2.26.